The molecule has 0 fully saturated rings. The number of nitro benzene ring substituents is 1. The molecule has 1 heterocycles. The number of methoxy groups -OCH3 is 1. The normalized spacial score (nSPS) is 10.2. The highest BCUT2D eigenvalue weighted by Gasteiger charge is 2.21. The second-order valence-corrected chi connectivity index (χ2v) is 4.42. The van der Waals surface area contributed by atoms with Crippen molar-refractivity contribution < 1.29 is 14.5 Å². The molecule has 0 aliphatic rings. The van der Waals surface area contributed by atoms with Gasteiger partial charge in [0.25, 0.3) is 5.69 Å². The Labute approximate surface area is 116 Å². The van der Waals surface area contributed by atoms with Crippen LogP contribution in [0.4, 0.5) is 5.69 Å². The Bertz CT molecular complexity index is 653. The Balaban J connectivity index is 2.65. The summed E-state index contributed by atoms with van der Waals surface area (Å²) in [6.07, 6.45) is 2.83. The second kappa shape index (κ2) is 5.19. The molecule has 0 spiro atoms. The van der Waals surface area contributed by atoms with Gasteiger partial charge in [0.2, 0.25) is 5.82 Å². The number of hydrogen-bond donors (Lipinski definition) is 0. The average molecular weight is 326 g/mol. The van der Waals surface area contributed by atoms with Crippen molar-refractivity contribution in [2.45, 2.75) is 0 Å². The van der Waals surface area contributed by atoms with Crippen LogP contribution >= 0.6 is 15.9 Å². The number of halogens is 1. The highest BCUT2D eigenvalue weighted by molar-refractivity contribution is 9.10. The van der Waals surface area contributed by atoms with Gasteiger partial charge in [0.05, 0.1) is 12.0 Å². The summed E-state index contributed by atoms with van der Waals surface area (Å²) in [5.74, 6) is -0.692. The molecular weight excluding hydrogens is 318 g/mol. The maximum atomic E-state index is 11.5. The van der Waals surface area contributed by atoms with Gasteiger partial charge in [0, 0.05) is 22.9 Å². The SMILES string of the molecule is COC(=O)c1nccn1-c1cc(Br)ccc1[N+](=O)[O-]. The Hall–Kier alpha value is -2.22. The van der Waals surface area contributed by atoms with E-state index in [9.17, 15) is 14.9 Å². The van der Waals surface area contributed by atoms with Crippen LogP contribution in [0.3, 0.4) is 0 Å². The van der Waals surface area contributed by atoms with Gasteiger partial charge in [-0.25, -0.2) is 9.78 Å². The van der Waals surface area contributed by atoms with E-state index in [2.05, 4.69) is 25.7 Å². The van der Waals surface area contributed by atoms with E-state index in [-0.39, 0.29) is 17.2 Å². The van der Waals surface area contributed by atoms with Crippen LogP contribution in [-0.4, -0.2) is 27.6 Å². The minimum Gasteiger partial charge on any atom is -0.463 e. The molecule has 19 heavy (non-hydrogen) atoms. The number of imidazole rings is 1. The Morgan fingerprint density at radius 2 is 2.26 bits per heavy atom. The van der Waals surface area contributed by atoms with E-state index in [0.717, 1.165) is 0 Å². The summed E-state index contributed by atoms with van der Waals surface area (Å²) in [4.78, 5) is 25.9. The van der Waals surface area contributed by atoms with Crippen molar-refractivity contribution in [1.82, 2.24) is 9.55 Å². The number of ether oxygens (including phenoxy) is 1. The van der Waals surface area contributed by atoms with Crippen molar-refractivity contribution in [3.05, 3.63) is 51.0 Å². The zero-order chi connectivity index (χ0) is 14.0. The summed E-state index contributed by atoms with van der Waals surface area (Å²) in [5, 5.41) is 11.0. The molecule has 0 radical (unpaired) electrons. The maximum Gasteiger partial charge on any atom is 0.374 e. The predicted molar refractivity (Wildman–Crippen MR) is 69.3 cm³/mol. The van der Waals surface area contributed by atoms with Gasteiger partial charge in [0.15, 0.2) is 0 Å². The monoisotopic (exact) mass is 325 g/mol. The van der Waals surface area contributed by atoms with Crippen LogP contribution in [0.25, 0.3) is 5.69 Å². The first-order chi connectivity index (χ1) is 9.04. The van der Waals surface area contributed by atoms with Crippen molar-refractivity contribution in [2.75, 3.05) is 7.11 Å². The van der Waals surface area contributed by atoms with E-state index < -0.39 is 10.9 Å². The molecule has 1 aromatic heterocycles. The van der Waals surface area contributed by atoms with Gasteiger partial charge in [-0.3, -0.25) is 14.7 Å². The van der Waals surface area contributed by atoms with E-state index in [1.54, 1.807) is 6.07 Å². The van der Waals surface area contributed by atoms with Gasteiger partial charge in [-0.1, -0.05) is 15.9 Å². The predicted octanol–water partition coefficient (Wildman–Crippen LogP) is 2.33. The largest absolute Gasteiger partial charge is 0.463 e. The number of aromatic nitrogens is 2. The molecule has 0 N–H and O–H groups in total. The van der Waals surface area contributed by atoms with Crippen LogP contribution in [0.5, 0.6) is 0 Å². The number of esters is 1. The Kier molecular flexibility index (Phi) is 3.61. The fourth-order valence-corrected chi connectivity index (χ4v) is 1.93. The number of hydrogen-bond acceptors (Lipinski definition) is 5. The Morgan fingerprint density at radius 3 is 2.89 bits per heavy atom. The minimum atomic E-state index is -0.667. The number of carbonyl (C=O) groups is 1. The Morgan fingerprint density at radius 1 is 1.53 bits per heavy atom. The average Bonchev–Trinajstić information content (AvgIpc) is 2.86. The van der Waals surface area contributed by atoms with Crippen molar-refractivity contribution >= 4 is 27.6 Å². The number of benzene rings is 1. The van der Waals surface area contributed by atoms with Crippen LogP contribution in [-0.2, 0) is 4.74 Å². The fraction of sp³-hybridized carbons (Fsp3) is 0.0909. The van der Waals surface area contributed by atoms with Crippen LogP contribution in [0, 0.1) is 10.1 Å². The van der Waals surface area contributed by atoms with E-state index in [1.807, 2.05) is 0 Å². The lowest BCUT2D eigenvalue weighted by atomic mass is 10.2. The molecule has 0 aliphatic heterocycles. The van der Waals surface area contributed by atoms with Gasteiger partial charge >= 0.3 is 5.97 Å². The molecule has 2 rings (SSSR count). The minimum absolute atomic E-state index is 0.0244. The molecule has 2 aromatic rings. The molecule has 0 aliphatic carbocycles. The summed E-state index contributed by atoms with van der Waals surface area (Å²) < 4.78 is 6.55. The third kappa shape index (κ3) is 2.48. The highest BCUT2D eigenvalue weighted by atomic mass is 79.9. The molecule has 0 saturated carbocycles. The molecule has 0 bridgehead atoms. The molecule has 0 atom stereocenters. The standard InChI is InChI=1S/C11H8BrN3O4/c1-19-11(16)10-13-4-5-14(10)9-6-7(12)2-3-8(9)15(17)18/h2-6H,1H3. The third-order valence-electron chi connectivity index (χ3n) is 2.40. The first-order valence-corrected chi connectivity index (χ1v) is 5.90. The van der Waals surface area contributed by atoms with Crippen LogP contribution in [0.1, 0.15) is 10.6 Å². The van der Waals surface area contributed by atoms with Gasteiger partial charge in [-0.2, -0.15) is 0 Å². The third-order valence-corrected chi connectivity index (χ3v) is 2.90. The van der Waals surface area contributed by atoms with Crippen molar-refractivity contribution in [1.29, 1.82) is 0 Å². The molecule has 1 aromatic carbocycles. The molecule has 0 unspecified atom stereocenters. The number of carbonyl (C=O) groups excluding carboxylic acids is 1. The highest BCUT2D eigenvalue weighted by Crippen LogP contribution is 2.27. The number of rotatable bonds is 3. The summed E-state index contributed by atoms with van der Waals surface area (Å²) in [6.45, 7) is 0. The first kappa shape index (κ1) is 13.2. The van der Waals surface area contributed by atoms with Crippen LogP contribution < -0.4 is 0 Å². The maximum absolute atomic E-state index is 11.5. The van der Waals surface area contributed by atoms with Crippen LogP contribution in [0.2, 0.25) is 0 Å². The molecule has 0 amide bonds. The summed E-state index contributed by atoms with van der Waals surface area (Å²) in [6, 6.07) is 4.43. The zero-order valence-electron chi connectivity index (χ0n) is 9.74. The van der Waals surface area contributed by atoms with Crippen molar-refractivity contribution in [3.63, 3.8) is 0 Å². The number of nitro groups is 1. The van der Waals surface area contributed by atoms with Gasteiger partial charge < -0.3 is 4.74 Å². The topological polar surface area (TPSA) is 87.3 Å². The van der Waals surface area contributed by atoms with E-state index in [0.29, 0.717) is 4.47 Å². The summed E-state index contributed by atoms with van der Waals surface area (Å²) in [5.41, 5.74) is 0.101. The van der Waals surface area contributed by atoms with Gasteiger partial charge in [-0.15, -0.1) is 0 Å². The molecule has 8 heteroatoms. The molecule has 98 valence electrons. The lowest BCUT2D eigenvalue weighted by Gasteiger charge is -2.07. The molecular formula is C11H8BrN3O4. The quantitative estimate of drug-likeness (QED) is 0.491. The number of nitrogens with zero attached hydrogens (tertiary/aromatic N) is 3. The lowest BCUT2D eigenvalue weighted by Crippen LogP contribution is -2.11. The zero-order valence-corrected chi connectivity index (χ0v) is 11.3. The summed E-state index contributed by atoms with van der Waals surface area (Å²) >= 11 is 3.24. The van der Waals surface area contributed by atoms with Crippen LogP contribution in [0.15, 0.2) is 35.1 Å². The smallest absolute Gasteiger partial charge is 0.374 e. The molecule has 0 saturated heterocycles. The summed E-state index contributed by atoms with van der Waals surface area (Å²) in [7, 11) is 1.22. The van der Waals surface area contributed by atoms with Gasteiger partial charge in [0.1, 0.15) is 5.69 Å². The van der Waals surface area contributed by atoms with E-state index in [1.165, 1.54) is 36.2 Å². The van der Waals surface area contributed by atoms with Crippen molar-refractivity contribution in [3.8, 4) is 5.69 Å². The molecule has 7 nitrogen and oxygen atoms in total. The van der Waals surface area contributed by atoms with E-state index in [4.69, 9.17) is 0 Å². The first-order valence-electron chi connectivity index (χ1n) is 5.10. The van der Waals surface area contributed by atoms with Crippen molar-refractivity contribution in [2.24, 2.45) is 0 Å². The van der Waals surface area contributed by atoms with Gasteiger partial charge in [-0.05, 0) is 12.1 Å². The fourth-order valence-electron chi connectivity index (χ4n) is 1.58. The second-order valence-electron chi connectivity index (χ2n) is 3.50. The lowest BCUT2D eigenvalue weighted by molar-refractivity contribution is -0.384. The van der Waals surface area contributed by atoms with E-state index >= 15 is 0 Å².